The maximum Gasteiger partial charge on any atom is 0.394 e. The molecule has 2 heterocycles. The number of carboxylic acid groups (broad SMARTS) is 1. The van der Waals surface area contributed by atoms with Crippen LogP contribution in [0.25, 0.3) is 11.4 Å². The molecule has 7 nitrogen and oxygen atoms in total. The number of hydrogen-bond acceptors (Lipinski definition) is 6. The summed E-state index contributed by atoms with van der Waals surface area (Å²) in [6.45, 7) is 0.121. The minimum Gasteiger partial charge on any atom is -0.474 e. The summed E-state index contributed by atoms with van der Waals surface area (Å²) < 4.78 is 15.0. The van der Waals surface area contributed by atoms with Crippen LogP contribution in [0.4, 0.5) is 0 Å². The van der Waals surface area contributed by atoms with Gasteiger partial charge in [0.2, 0.25) is 12.6 Å². The first-order chi connectivity index (χ1) is 8.25. The van der Waals surface area contributed by atoms with E-state index in [2.05, 4.69) is 14.7 Å². The summed E-state index contributed by atoms with van der Waals surface area (Å²) >= 11 is 0. The molecule has 2 aromatic rings. The third kappa shape index (κ3) is 1.48. The molecule has 7 heteroatoms. The summed E-state index contributed by atoms with van der Waals surface area (Å²) in [5, 5.41) is 12.3. The van der Waals surface area contributed by atoms with E-state index in [-0.39, 0.29) is 12.6 Å². The summed E-state index contributed by atoms with van der Waals surface area (Å²) in [7, 11) is 0. The Bertz CT molecular complexity index is 592. The molecule has 0 bridgehead atoms. The van der Waals surface area contributed by atoms with Gasteiger partial charge in [-0.15, -0.1) is 0 Å². The lowest BCUT2D eigenvalue weighted by atomic mass is 10.2. The Labute approximate surface area is 94.6 Å². The van der Waals surface area contributed by atoms with Gasteiger partial charge in [0.25, 0.3) is 0 Å². The number of ether oxygens (including phenoxy) is 2. The zero-order chi connectivity index (χ0) is 11.8. The standard InChI is InChI=1S/C10H6N2O5/c13-10(14)9-11-8(12-17-9)5-2-1-3-6-7(5)16-4-15-6/h1-3H,4H2,(H,13,14). The van der Waals surface area contributed by atoms with Crippen LogP contribution >= 0.6 is 0 Å². The average molecular weight is 234 g/mol. The van der Waals surface area contributed by atoms with Gasteiger partial charge in [-0.2, -0.15) is 4.98 Å². The van der Waals surface area contributed by atoms with Gasteiger partial charge in [0.1, 0.15) is 0 Å². The second-order valence-electron chi connectivity index (χ2n) is 3.27. The first kappa shape index (κ1) is 9.64. The lowest BCUT2D eigenvalue weighted by Crippen LogP contribution is -1.96. The van der Waals surface area contributed by atoms with Gasteiger partial charge in [0.15, 0.2) is 11.5 Å². The SMILES string of the molecule is O=C(O)c1nc(-c2cccc3c2OCO3)no1. The van der Waals surface area contributed by atoms with Crippen molar-refractivity contribution in [2.75, 3.05) is 6.79 Å². The highest BCUT2D eigenvalue weighted by Gasteiger charge is 2.22. The van der Waals surface area contributed by atoms with Crippen molar-refractivity contribution in [3.05, 3.63) is 24.1 Å². The van der Waals surface area contributed by atoms with Gasteiger partial charge < -0.3 is 19.1 Å². The van der Waals surface area contributed by atoms with Crippen molar-refractivity contribution in [3.8, 4) is 22.9 Å². The number of rotatable bonds is 2. The minimum atomic E-state index is -1.27. The van der Waals surface area contributed by atoms with Crippen molar-refractivity contribution >= 4 is 5.97 Å². The highest BCUT2D eigenvalue weighted by molar-refractivity contribution is 5.83. The average Bonchev–Trinajstić information content (AvgIpc) is 2.97. The van der Waals surface area contributed by atoms with E-state index in [0.717, 1.165) is 0 Å². The fourth-order valence-electron chi connectivity index (χ4n) is 1.53. The first-order valence-electron chi connectivity index (χ1n) is 4.71. The molecule has 0 aliphatic carbocycles. The lowest BCUT2D eigenvalue weighted by molar-refractivity contribution is 0.0643. The minimum absolute atomic E-state index is 0.121. The summed E-state index contributed by atoms with van der Waals surface area (Å²) in [5.74, 6) is -0.510. The van der Waals surface area contributed by atoms with E-state index in [1.807, 2.05) is 0 Å². The Morgan fingerprint density at radius 2 is 2.24 bits per heavy atom. The highest BCUT2D eigenvalue weighted by Crippen LogP contribution is 2.39. The molecule has 0 spiro atoms. The molecule has 0 atom stereocenters. The fraction of sp³-hybridized carbons (Fsp3) is 0.100. The van der Waals surface area contributed by atoms with Crippen molar-refractivity contribution in [1.82, 2.24) is 10.1 Å². The number of carbonyl (C=O) groups is 1. The Kier molecular flexibility index (Phi) is 1.97. The van der Waals surface area contributed by atoms with E-state index in [1.165, 1.54) is 0 Å². The van der Waals surface area contributed by atoms with Crippen molar-refractivity contribution < 1.29 is 23.9 Å². The first-order valence-corrected chi connectivity index (χ1v) is 4.71. The molecule has 0 unspecified atom stereocenters. The summed E-state index contributed by atoms with van der Waals surface area (Å²) in [6, 6.07) is 5.17. The quantitative estimate of drug-likeness (QED) is 0.832. The van der Waals surface area contributed by atoms with Gasteiger partial charge in [0, 0.05) is 0 Å². The van der Waals surface area contributed by atoms with Crippen LogP contribution in [0.2, 0.25) is 0 Å². The number of benzene rings is 1. The van der Waals surface area contributed by atoms with Crippen LogP contribution in [0.1, 0.15) is 10.7 Å². The maximum atomic E-state index is 10.6. The van der Waals surface area contributed by atoms with Gasteiger partial charge in [0.05, 0.1) is 5.56 Å². The van der Waals surface area contributed by atoms with E-state index in [0.29, 0.717) is 17.1 Å². The van der Waals surface area contributed by atoms with Crippen LogP contribution in [-0.4, -0.2) is 28.0 Å². The maximum absolute atomic E-state index is 10.6. The predicted octanol–water partition coefficient (Wildman–Crippen LogP) is 1.16. The van der Waals surface area contributed by atoms with Crippen molar-refractivity contribution in [2.45, 2.75) is 0 Å². The van der Waals surface area contributed by atoms with Crippen LogP contribution in [0, 0.1) is 0 Å². The third-order valence-corrected chi connectivity index (χ3v) is 2.25. The van der Waals surface area contributed by atoms with Gasteiger partial charge >= 0.3 is 11.9 Å². The summed E-state index contributed by atoms with van der Waals surface area (Å²) in [4.78, 5) is 14.4. The number of aromatic nitrogens is 2. The summed E-state index contributed by atoms with van der Waals surface area (Å²) in [5.41, 5.74) is 0.538. The van der Waals surface area contributed by atoms with E-state index in [9.17, 15) is 4.79 Å². The molecule has 86 valence electrons. The van der Waals surface area contributed by atoms with Crippen molar-refractivity contribution in [3.63, 3.8) is 0 Å². The fourth-order valence-corrected chi connectivity index (χ4v) is 1.53. The van der Waals surface area contributed by atoms with Crippen molar-refractivity contribution in [1.29, 1.82) is 0 Å². The molecule has 1 aliphatic heterocycles. The molecular weight excluding hydrogens is 228 g/mol. The van der Waals surface area contributed by atoms with Crippen LogP contribution in [-0.2, 0) is 0 Å². The second kappa shape index (κ2) is 3.48. The molecule has 0 saturated heterocycles. The molecule has 0 radical (unpaired) electrons. The molecule has 1 aromatic carbocycles. The van der Waals surface area contributed by atoms with Gasteiger partial charge in [-0.05, 0) is 12.1 Å². The second-order valence-corrected chi connectivity index (χ2v) is 3.27. The molecule has 0 saturated carbocycles. The number of carboxylic acids is 1. The number of nitrogens with zero attached hydrogens (tertiary/aromatic N) is 2. The monoisotopic (exact) mass is 234 g/mol. The third-order valence-electron chi connectivity index (χ3n) is 2.25. The summed E-state index contributed by atoms with van der Waals surface area (Å²) in [6.07, 6.45) is 0. The smallest absolute Gasteiger partial charge is 0.394 e. The predicted molar refractivity (Wildman–Crippen MR) is 52.8 cm³/mol. The molecule has 0 fully saturated rings. The Balaban J connectivity index is 2.09. The van der Waals surface area contributed by atoms with Gasteiger partial charge in [-0.25, -0.2) is 4.79 Å². The number of aromatic carboxylic acids is 1. The largest absolute Gasteiger partial charge is 0.474 e. The van der Waals surface area contributed by atoms with Crippen LogP contribution in [0.5, 0.6) is 11.5 Å². The van der Waals surface area contributed by atoms with Crippen LogP contribution in [0.15, 0.2) is 22.7 Å². The highest BCUT2D eigenvalue weighted by atomic mass is 16.7. The Morgan fingerprint density at radius 3 is 3.00 bits per heavy atom. The van der Waals surface area contributed by atoms with E-state index < -0.39 is 11.9 Å². The molecule has 1 N–H and O–H groups in total. The zero-order valence-electron chi connectivity index (χ0n) is 8.41. The van der Waals surface area contributed by atoms with Gasteiger partial charge in [-0.3, -0.25) is 0 Å². The zero-order valence-corrected chi connectivity index (χ0v) is 8.41. The molecule has 3 rings (SSSR count). The lowest BCUT2D eigenvalue weighted by Gasteiger charge is -1.99. The number of fused-ring (bicyclic) bond motifs is 1. The van der Waals surface area contributed by atoms with Crippen LogP contribution in [0.3, 0.4) is 0 Å². The van der Waals surface area contributed by atoms with E-state index >= 15 is 0 Å². The van der Waals surface area contributed by atoms with E-state index in [4.69, 9.17) is 14.6 Å². The molecule has 1 aromatic heterocycles. The molecule has 1 aliphatic rings. The molecular formula is C10H6N2O5. The Hall–Kier alpha value is -2.57. The molecule has 17 heavy (non-hydrogen) atoms. The number of hydrogen-bond donors (Lipinski definition) is 1. The topological polar surface area (TPSA) is 94.7 Å². The van der Waals surface area contributed by atoms with E-state index in [1.54, 1.807) is 18.2 Å². The van der Waals surface area contributed by atoms with Gasteiger partial charge in [-0.1, -0.05) is 11.2 Å². The van der Waals surface area contributed by atoms with Crippen molar-refractivity contribution in [2.24, 2.45) is 0 Å². The van der Waals surface area contributed by atoms with Crippen LogP contribution < -0.4 is 9.47 Å². The Morgan fingerprint density at radius 1 is 1.35 bits per heavy atom. The molecule has 0 amide bonds. The number of para-hydroxylation sites is 1. The normalized spacial score (nSPS) is 12.7.